The van der Waals surface area contributed by atoms with Crippen LogP contribution in [0.2, 0.25) is 0 Å². The number of alkyl halides is 2. The molecule has 0 radical (unpaired) electrons. The van der Waals surface area contributed by atoms with E-state index in [2.05, 4.69) is 28.5 Å². The maximum atomic E-state index is 15.1. The second-order valence-corrected chi connectivity index (χ2v) is 8.62. The van der Waals surface area contributed by atoms with Crippen molar-refractivity contribution in [1.29, 1.82) is 0 Å². The van der Waals surface area contributed by atoms with Crippen LogP contribution < -0.4 is 0 Å². The fourth-order valence-corrected chi connectivity index (χ4v) is 3.58. The fourth-order valence-electron chi connectivity index (χ4n) is 3.58. The summed E-state index contributed by atoms with van der Waals surface area (Å²) in [5, 5.41) is 0. The number of hydrogen-bond donors (Lipinski definition) is 0. The lowest BCUT2D eigenvalue weighted by Crippen LogP contribution is -2.24. The van der Waals surface area contributed by atoms with E-state index in [0.717, 1.165) is 55.7 Å². The van der Waals surface area contributed by atoms with Gasteiger partial charge in [0, 0.05) is 23.4 Å². The Morgan fingerprint density at radius 1 is 0.878 bits per heavy atom. The number of nitrogens with zero attached hydrogens (tertiary/aromatic N) is 1. The summed E-state index contributed by atoms with van der Waals surface area (Å²) in [7, 11) is 0. The number of rotatable bonds is 10. The molecule has 1 aromatic carbocycles. The molecule has 216 valence electrons. The molecule has 8 heteroatoms. The van der Waals surface area contributed by atoms with E-state index in [1.165, 1.54) is 39.0 Å². The first kappa shape index (κ1) is 33.0. The molecule has 0 bridgehead atoms. The largest absolute Gasteiger partial charge is 0.429 e. The van der Waals surface area contributed by atoms with E-state index in [4.69, 9.17) is 0 Å². The van der Waals surface area contributed by atoms with Gasteiger partial charge >= 0.3 is 6.11 Å². The van der Waals surface area contributed by atoms with Gasteiger partial charge in [-0.05, 0) is 87.6 Å². The second kappa shape index (κ2) is 15.5. The summed E-state index contributed by atoms with van der Waals surface area (Å²) >= 11 is 0. The van der Waals surface area contributed by atoms with Crippen LogP contribution in [0.3, 0.4) is 0 Å². The minimum absolute atomic E-state index is 0.0183. The topological polar surface area (TPSA) is 22.1 Å². The van der Waals surface area contributed by atoms with Crippen LogP contribution in [-0.4, -0.2) is 11.1 Å². The first-order chi connectivity index (χ1) is 19.5. The second-order valence-electron chi connectivity index (χ2n) is 8.62. The fraction of sp³-hybridized carbons (Fsp3) is 0.242. The molecule has 2 aromatic rings. The van der Waals surface area contributed by atoms with E-state index in [0.29, 0.717) is 17.3 Å². The van der Waals surface area contributed by atoms with Gasteiger partial charge in [0.2, 0.25) is 0 Å². The molecule has 0 aliphatic carbocycles. The summed E-state index contributed by atoms with van der Waals surface area (Å²) < 4.78 is 91.6. The molecule has 0 aliphatic rings. The predicted molar refractivity (Wildman–Crippen MR) is 151 cm³/mol. The highest BCUT2D eigenvalue weighted by Crippen LogP contribution is 2.36. The molecule has 0 aliphatic heterocycles. The molecule has 0 spiro atoms. The minimum Gasteiger partial charge on any atom is -0.429 e. The Morgan fingerprint density at radius 3 is 2.15 bits per heavy atom. The number of pyridine rings is 1. The SMILES string of the molecule is C/C=C(F)/C(F)=C\C(=C/C)OC(F)(F)C(=C\C)/C(F)=C\C(=C/C)c1ccc(C#Cc2ccc(CCC)cn2)cc1F. The summed E-state index contributed by atoms with van der Waals surface area (Å²) in [6.07, 6.45) is 4.44. The normalized spacial score (nSPS) is 14.1. The number of halogens is 6. The summed E-state index contributed by atoms with van der Waals surface area (Å²) in [5.74, 6) is 0.0935. The highest BCUT2D eigenvalue weighted by atomic mass is 19.3. The van der Waals surface area contributed by atoms with Crippen LogP contribution in [-0.2, 0) is 11.2 Å². The molecule has 41 heavy (non-hydrogen) atoms. The smallest absolute Gasteiger partial charge is 0.429 e. The molecule has 0 amide bonds. The van der Waals surface area contributed by atoms with Crippen molar-refractivity contribution in [3.63, 3.8) is 0 Å². The molecule has 2 nitrogen and oxygen atoms in total. The van der Waals surface area contributed by atoms with Crippen molar-refractivity contribution >= 4 is 5.57 Å². The molecule has 2 rings (SSSR count). The Hall–Kier alpha value is -4.25. The van der Waals surface area contributed by atoms with Crippen LogP contribution in [0.1, 0.15) is 63.4 Å². The van der Waals surface area contributed by atoms with Gasteiger partial charge in [-0.15, -0.1) is 0 Å². The third-order valence-electron chi connectivity index (χ3n) is 5.71. The van der Waals surface area contributed by atoms with Crippen LogP contribution in [0.4, 0.5) is 26.3 Å². The maximum absolute atomic E-state index is 15.1. The number of hydrogen-bond acceptors (Lipinski definition) is 2. The van der Waals surface area contributed by atoms with Crippen LogP contribution in [0.5, 0.6) is 0 Å². The average Bonchev–Trinajstić information content (AvgIpc) is 2.95. The standard InChI is InChI=1S/C33H31F6NO/c1-6-11-23-13-16-25(40-21-23)15-12-22-14-17-27(30(35)18-22)24(7-2)19-31(36)28(9-4)33(38,39)41-26(8-3)20-32(37)29(34)10-5/h7-10,13-14,16-21H,6,11H2,1-5H3/b24-7+,26-8+,28-9-,29-10-,31-19+,32-20+. The van der Waals surface area contributed by atoms with Crippen LogP contribution >= 0.6 is 0 Å². The lowest BCUT2D eigenvalue weighted by atomic mass is 10.0. The zero-order valence-corrected chi connectivity index (χ0v) is 23.5. The molecule has 0 saturated carbocycles. The Balaban J connectivity index is 2.30. The van der Waals surface area contributed by atoms with Crippen LogP contribution in [0.15, 0.2) is 102 Å². The van der Waals surface area contributed by atoms with E-state index in [-0.39, 0.29) is 11.1 Å². The van der Waals surface area contributed by atoms with Gasteiger partial charge in [0.15, 0.2) is 11.7 Å². The Labute approximate surface area is 237 Å². The quantitative estimate of drug-likeness (QED) is 0.123. The molecule has 0 saturated heterocycles. The Bertz CT molecular complexity index is 1470. The number of allylic oxidation sites excluding steroid dienone is 9. The molecular formula is C33H31F6NO. The van der Waals surface area contributed by atoms with Crippen LogP contribution in [0, 0.1) is 17.7 Å². The van der Waals surface area contributed by atoms with Crippen molar-refractivity contribution in [3.05, 3.63) is 130 Å². The summed E-state index contributed by atoms with van der Waals surface area (Å²) in [6, 6.07) is 7.74. The molecule has 1 aromatic heterocycles. The van der Waals surface area contributed by atoms with Gasteiger partial charge < -0.3 is 4.74 Å². The predicted octanol–water partition coefficient (Wildman–Crippen LogP) is 10.0. The lowest BCUT2D eigenvalue weighted by Gasteiger charge is -2.21. The van der Waals surface area contributed by atoms with E-state index >= 15 is 8.78 Å². The molecule has 0 atom stereocenters. The van der Waals surface area contributed by atoms with E-state index in [9.17, 15) is 17.6 Å². The van der Waals surface area contributed by atoms with Crippen LogP contribution in [0.25, 0.3) is 5.57 Å². The van der Waals surface area contributed by atoms with Crippen molar-refractivity contribution in [1.82, 2.24) is 4.98 Å². The zero-order valence-electron chi connectivity index (χ0n) is 23.5. The average molecular weight is 572 g/mol. The van der Waals surface area contributed by atoms with Gasteiger partial charge in [0.1, 0.15) is 23.1 Å². The van der Waals surface area contributed by atoms with E-state index in [1.807, 2.05) is 6.07 Å². The molecule has 0 N–H and O–H groups in total. The van der Waals surface area contributed by atoms with Crippen molar-refractivity contribution < 1.29 is 31.1 Å². The van der Waals surface area contributed by atoms with E-state index in [1.54, 1.807) is 12.3 Å². The monoisotopic (exact) mass is 571 g/mol. The van der Waals surface area contributed by atoms with Crippen molar-refractivity contribution in [2.75, 3.05) is 0 Å². The summed E-state index contributed by atoms with van der Waals surface area (Å²) in [6.45, 7) is 7.20. The number of aryl methyl sites for hydroxylation is 1. The minimum atomic E-state index is -4.26. The summed E-state index contributed by atoms with van der Waals surface area (Å²) in [5.41, 5.74) is 0.698. The first-order valence-electron chi connectivity index (χ1n) is 12.9. The van der Waals surface area contributed by atoms with Crippen molar-refractivity contribution in [3.8, 4) is 11.8 Å². The van der Waals surface area contributed by atoms with Gasteiger partial charge in [0.05, 0.1) is 5.57 Å². The Morgan fingerprint density at radius 2 is 1.61 bits per heavy atom. The Kier molecular flexibility index (Phi) is 12.5. The molecule has 0 fully saturated rings. The lowest BCUT2D eigenvalue weighted by molar-refractivity contribution is -0.178. The third kappa shape index (κ3) is 9.42. The maximum Gasteiger partial charge on any atom is 0.429 e. The van der Waals surface area contributed by atoms with Gasteiger partial charge in [0.25, 0.3) is 0 Å². The number of ether oxygens (including phenoxy) is 1. The zero-order chi connectivity index (χ0) is 30.6. The van der Waals surface area contributed by atoms with Gasteiger partial charge in [-0.25, -0.2) is 22.5 Å². The van der Waals surface area contributed by atoms with Crippen molar-refractivity contribution in [2.24, 2.45) is 0 Å². The highest BCUT2D eigenvalue weighted by molar-refractivity contribution is 5.76. The van der Waals surface area contributed by atoms with Gasteiger partial charge in [-0.1, -0.05) is 43.5 Å². The highest BCUT2D eigenvalue weighted by Gasteiger charge is 2.40. The third-order valence-corrected chi connectivity index (χ3v) is 5.71. The number of aromatic nitrogens is 1. The molecule has 0 unspecified atom stereocenters. The van der Waals surface area contributed by atoms with Crippen molar-refractivity contribution in [2.45, 2.75) is 53.6 Å². The summed E-state index contributed by atoms with van der Waals surface area (Å²) in [4.78, 5) is 4.27. The van der Waals surface area contributed by atoms with Gasteiger partial charge in [-0.2, -0.15) is 8.78 Å². The number of benzene rings is 1. The van der Waals surface area contributed by atoms with Gasteiger partial charge in [-0.3, -0.25) is 0 Å². The van der Waals surface area contributed by atoms with E-state index < -0.39 is 40.7 Å². The molecular weight excluding hydrogens is 540 g/mol. The first-order valence-corrected chi connectivity index (χ1v) is 12.9. The molecule has 1 heterocycles.